The number of nitrogens with zero attached hydrogens (tertiary/aromatic N) is 2. The lowest BCUT2D eigenvalue weighted by molar-refractivity contribution is -0.0327. The highest BCUT2D eigenvalue weighted by Gasteiger charge is 2.22. The Kier molecular flexibility index (Phi) is 3.36. The van der Waals surface area contributed by atoms with Gasteiger partial charge in [0.15, 0.2) is 0 Å². The van der Waals surface area contributed by atoms with Gasteiger partial charge in [0.1, 0.15) is 11.9 Å². The Morgan fingerprint density at radius 1 is 1.69 bits per heavy atom. The lowest BCUT2D eigenvalue weighted by Crippen LogP contribution is -2.39. The molecule has 1 fully saturated rings. The van der Waals surface area contributed by atoms with Crippen LogP contribution in [0.4, 0.5) is 0 Å². The minimum atomic E-state index is -0.111. The third kappa shape index (κ3) is 2.48. The van der Waals surface area contributed by atoms with E-state index in [0.29, 0.717) is 12.4 Å². The normalized spacial score (nSPS) is 22.2. The van der Waals surface area contributed by atoms with Crippen molar-refractivity contribution in [2.75, 3.05) is 26.2 Å². The van der Waals surface area contributed by atoms with Gasteiger partial charge in [0.05, 0.1) is 6.61 Å². The predicted molar refractivity (Wildman–Crippen MR) is 60.4 cm³/mol. The molecule has 1 atom stereocenters. The second-order valence-corrected chi connectivity index (χ2v) is 4.02. The molecule has 1 saturated heterocycles. The van der Waals surface area contributed by atoms with Gasteiger partial charge in [-0.3, -0.25) is 9.69 Å². The molecule has 1 N–H and O–H groups in total. The number of hydrogen-bond acceptors (Lipinski definition) is 4. The molecule has 0 bridgehead atoms. The highest BCUT2D eigenvalue weighted by Crippen LogP contribution is 2.17. The van der Waals surface area contributed by atoms with Crippen LogP contribution in [0.2, 0.25) is 0 Å². The molecule has 1 aromatic heterocycles. The Labute approximate surface area is 94.5 Å². The van der Waals surface area contributed by atoms with Gasteiger partial charge in [-0.05, 0) is 13.5 Å². The van der Waals surface area contributed by atoms with E-state index in [4.69, 9.17) is 4.74 Å². The van der Waals surface area contributed by atoms with Crippen LogP contribution in [0, 0.1) is 6.92 Å². The van der Waals surface area contributed by atoms with Crippen molar-refractivity contribution in [1.29, 1.82) is 0 Å². The minimum absolute atomic E-state index is 0.110. The molecule has 5 nitrogen and oxygen atoms in total. The van der Waals surface area contributed by atoms with E-state index in [0.717, 1.165) is 25.3 Å². The summed E-state index contributed by atoms with van der Waals surface area (Å²) in [5.41, 5.74) is 0.621. The van der Waals surface area contributed by atoms with Crippen molar-refractivity contribution in [3.8, 4) is 0 Å². The van der Waals surface area contributed by atoms with Crippen LogP contribution in [-0.2, 0) is 4.74 Å². The molecule has 0 aliphatic carbocycles. The number of aryl methyl sites for hydroxylation is 1. The van der Waals surface area contributed by atoms with E-state index in [1.165, 1.54) is 6.07 Å². The summed E-state index contributed by atoms with van der Waals surface area (Å²) in [4.78, 5) is 20.7. The number of ether oxygens (including phenoxy) is 1. The minimum Gasteiger partial charge on any atom is -0.368 e. The third-order valence-corrected chi connectivity index (χ3v) is 2.79. The molecule has 88 valence electrons. The average Bonchev–Trinajstić information content (AvgIpc) is 2.28. The van der Waals surface area contributed by atoms with E-state index in [2.05, 4.69) is 21.8 Å². The molecular weight excluding hydrogens is 206 g/mol. The van der Waals surface area contributed by atoms with Gasteiger partial charge in [0, 0.05) is 24.8 Å². The van der Waals surface area contributed by atoms with Crippen LogP contribution >= 0.6 is 0 Å². The number of aromatic amines is 1. The van der Waals surface area contributed by atoms with Crippen LogP contribution in [0.3, 0.4) is 0 Å². The lowest BCUT2D eigenvalue weighted by atomic mass is 10.2. The SMILES string of the molecule is CCN1CCOC(c2nc(C)cc(=O)[nH]2)C1. The number of rotatable bonds is 2. The van der Waals surface area contributed by atoms with Gasteiger partial charge in [-0.15, -0.1) is 0 Å². The van der Waals surface area contributed by atoms with Crippen LogP contribution in [0.5, 0.6) is 0 Å². The maximum absolute atomic E-state index is 11.3. The smallest absolute Gasteiger partial charge is 0.251 e. The fraction of sp³-hybridized carbons (Fsp3) is 0.636. The van der Waals surface area contributed by atoms with Crippen LogP contribution in [0.15, 0.2) is 10.9 Å². The van der Waals surface area contributed by atoms with E-state index < -0.39 is 0 Å². The summed E-state index contributed by atoms with van der Waals surface area (Å²) in [6.07, 6.45) is -0.110. The maximum Gasteiger partial charge on any atom is 0.251 e. The van der Waals surface area contributed by atoms with E-state index in [1.807, 2.05) is 6.92 Å². The van der Waals surface area contributed by atoms with Crippen molar-refractivity contribution in [3.05, 3.63) is 27.9 Å². The Hall–Kier alpha value is -1.20. The number of hydrogen-bond donors (Lipinski definition) is 1. The molecule has 0 radical (unpaired) electrons. The fourth-order valence-corrected chi connectivity index (χ4v) is 1.91. The molecule has 2 rings (SSSR count). The largest absolute Gasteiger partial charge is 0.368 e. The van der Waals surface area contributed by atoms with Gasteiger partial charge in [0.25, 0.3) is 5.56 Å². The van der Waals surface area contributed by atoms with E-state index in [1.54, 1.807) is 0 Å². The van der Waals surface area contributed by atoms with Gasteiger partial charge in [0.2, 0.25) is 0 Å². The quantitative estimate of drug-likeness (QED) is 0.792. The average molecular weight is 223 g/mol. The Bertz CT molecular complexity index is 416. The Morgan fingerprint density at radius 3 is 3.19 bits per heavy atom. The summed E-state index contributed by atoms with van der Waals surface area (Å²) in [5, 5.41) is 0. The van der Waals surface area contributed by atoms with Gasteiger partial charge in [-0.2, -0.15) is 0 Å². The summed E-state index contributed by atoms with van der Waals surface area (Å²) < 4.78 is 5.63. The Morgan fingerprint density at radius 2 is 2.50 bits per heavy atom. The second-order valence-electron chi connectivity index (χ2n) is 4.02. The molecule has 1 aliphatic rings. The van der Waals surface area contributed by atoms with Crippen molar-refractivity contribution >= 4 is 0 Å². The molecule has 0 aromatic carbocycles. The van der Waals surface area contributed by atoms with Gasteiger partial charge in [-0.25, -0.2) is 4.98 Å². The molecule has 1 aromatic rings. The van der Waals surface area contributed by atoms with Gasteiger partial charge in [-0.1, -0.05) is 6.92 Å². The zero-order chi connectivity index (χ0) is 11.5. The van der Waals surface area contributed by atoms with Crippen molar-refractivity contribution in [3.63, 3.8) is 0 Å². The zero-order valence-electron chi connectivity index (χ0n) is 9.69. The predicted octanol–water partition coefficient (Wildman–Crippen LogP) is 0.472. The molecular formula is C11H17N3O2. The molecule has 5 heteroatoms. The number of likely N-dealkylation sites (N-methyl/N-ethyl adjacent to an activating group) is 1. The van der Waals surface area contributed by atoms with Crippen molar-refractivity contribution < 1.29 is 4.74 Å². The number of morpholine rings is 1. The van der Waals surface area contributed by atoms with Crippen molar-refractivity contribution in [2.24, 2.45) is 0 Å². The molecule has 0 amide bonds. The highest BCUT2D eigenvalue weighted by molar-refractivity contribution is 5.03. The monoisotopic (exact) mass is 223 g/mol. The maximum atomic E-state index is 11.3. The molecule has 16 heavy (non-hydrogen) atoms. The third-order valence-electron chi connectivity index (χ3n) is 2.79. The van der Waals surface area contributed by atoms with E-state index in [-0.39, 0.29) is 11.7 Å². The zero-order valence-corrected chi connectivity index (χ0v) is 9.69. The van der Waals surface area contributed by atoms with Crippen LogP contribution in [0.1, 0.15) is 24.5 Å². The van der Waals surface area contributed by atoms with Gasteiger partial charge >= 0.3 is 0 Å². The standard InChI is InChI=1S/C11H17N3O2/c1-3-14-4-5-16-9(7-14)11-12-8(2)6-10(15)13-11/h6,9H,3-5,7H2,1-2H3,(H,12,13,15). The summed E-state index contributed by atoms with van der Waals surface area (Å²) in [5.74, 6) is 0.642. The topological polar surface area (TPSA) is 58.2 Å². The van der Waals surface area contributed by atoms with Crippen LogP contribution in [-0.4, -0.2) is 41.1 Å². The fourth-order valence-electron chi connectivity index (χ4n) is 1.91. The summed E-state index contributed by atoms with van der Waals surface area (Å²) in [6.45, 7) is 7.37. The first-order valence-electron chi connectivity index (χ1n) is 5.61. The molecule has 0 saturated carbocycles. The second kappa shape index (κ2) is 4.76. The highest BCUT2D eigenvalue weighted by atomic mass is 16.5. The number of aromatic nitrogens is 2. The van der Waals surface area contributed by atoms with Crippen molar-refractivity contribution in [1.82, 2.24) is 14.9 Å². The summed E-state index contributed by atoms with van der Waals surface area (Å²) in [6, 6.07) is 1.49. The lowest BCUT2D eigenvalue weighted by Gasteiger charge is -2.31. The van der Waals surface area contributed by atoms with E-state index >= 15 is 0 Å². The first-order valence-corrected chi connectivity index (χ1v) is 5.61. The Balaban J connectivity index is 2.19. The molecule has 1 aliphatic heterocycles. The van der Waals surface area contributed by atoms with Crippen molar-refractivity contribution in [2.45, 2.75) is 20.0 Å². The van der Waals surface area contributed by atoms with Crippen LogP contribution in [0.25, 0.3) is 0 Å². The number of H-pyrrole nitrogens is 1. The summed E-state index contributed by atoms with van der Waals surface area (Å²) >= 11 is 0. The van der Waals surface area contributed by atoms with Crippen LogP contribution < -0.4 is 5.56 Å². The molecule has 2 heterocycles. The first-order chi connectivity index (χ1) is 7.69. The van der Waals surface area contributed by atoms with Gasteiger partial charge < -0.3 is 9.72 Å². The summed E-state index contributed by atoms with van der Waals surface area (Å²) in [7, 11) is 0. The van der Waals surface area contributed by atoms with E-state index in [9.17, 15) is 4.79 Å². The molecule has 0 spiro atoms. The first kappa shape index (κ1) is 11.3. The molecule has 1 unspecified atom stereocenters. The number of nitrogens with one attached hydrogen (secondary N) is 1.